The van der Waals surface area contributed by atoms with E-state index in [1.807, 2.05) is 13.0 Å². The Morgan fingerprint density at radius 3 is 2.24 bits per heavy atom. The van der Waals surface area contributed by atoms with Gasteiger partial charge in [0.05, 0.1) is 11.1 Å². The fourth-order valence-electron chi connectivity index (χ4n) is 6.18. The average Bonchev–Trinajstić information content (AvgIpc) is 3.07. The lowest BCUT2D eigenvalue weighted by Gasteiger charge is -2.44. The number of ether oxygens (including phenoxy) is 1. The highest BCUT2D eigenvalue weighted by Gasteiger charge is 2.54. The van der Waals surface area contributed by atoms with Gasteiger partial charge >= 0.3 is 6.18 Å². The quantitative estimate of drug-likeness (QED) is 0.526. The SMILES string of the molecule is CCc1ccc(Oc2ccc(C(F)(F)F)cc2C)cc1C1=C(O)C2C3CCC(CC3)C2C1=O. The molecule has 0 heterocycles. The molecule has 3 nitrogen and oxygen atoms in total. The van der Waals surface area contributed by atoms with Crippen LogP contribution in [-0.2, 0) is 17.4 Å². The summed E-state index contributed by atoms with van der Waals surface area (Å²) < 4.78 is 44.9. The number of aliphatic hydroxyl groups excluding tert-OH is 1. The summed E-state index contributed by atoms with van der Waals surface area (Å²) in [5, 5.41) is 11.2. The van der Waals surface area contributed by atoms with E-state index >= 15 is 0 Å². The summed E-state index contributed by atoms with van der Waals surface area (Å²) in [5.74, 6) is 1.50. The van der Waals surface area contributed by atoms with Gasteiger partial charge in [-0.15, -0.1) is 0 Å². The molecule has 0 amide bonds. The molecule has 2 unspecified atom stereocenters. The molecule has 174 valence electrons. The van der Waals surface area contributed by atoms with Gasteiger partial charge in [0.15, 0.2) is 5.78 Å². The van der Waals surface area contributed by atoms with Crippen LogP contribution in [0.5, 0.6) is 11.5 Å². The number of carbonyl (C=O) groups is 1. The number of hydrogen-bond donors (Lipinski definition) is 1. The number of benzene rings is 2. The molecule has 0 saturated heterocycles. The number of aryl methyl sites for hydroxylation is 2. The average molecular weight is 457 g/mol. The summed E-state index contributed by atoms with van der Waals surface area (Å²) in [6.07, 6.45) is 0.495. The van der Waals surface area contributed by atoms with Gasteiger partial charge in [0, 0.05) is 11.8 Å². The van der Waals surface area contributed by atoms with E-state index in [4.69, 9.17) is 4.74 Å². The van der Waals surface area contributed by atoms with Crippen molar-refractivity contribution in [3.05, 3.63) is 64.4 Å². The first-order valence-electron chi connectivity index (χ1n) is 11.6. The van der Waals surface area contributed by atoms with Crippen molar-refractivity contribution < 1.29 is 27.8 Å². The van der Waals surface area contributed by atoms with Gasteiger partial charge in [0.25, 0.3) is 0 Å². The van der Waals surface area contributed by atoms with Crippen LogP contribution in [0.15, 0.2) is 42.2 Å². The van der Waals surface area contributed by atoms with Gasteiger partial charge in [-0.2, -0.15) is 13.2 Å². The summed E-state index contributed by atoms with van der Waals surface area (Å²) >= 11 is 0. The molecule has 3 saturated carbocycles. The zero-order chi connectivity index (χ0) is 23.5. The van der Waals surface area contributed by atoms with Gasteiger partial charge in [0.2, 0.25) is 0 Å². The Hall–Kier alpha value is -2.76. The summed E-state index contributed by atoms with van der Waals surface area (Å²) in [6, 6.07) is 8.75. The summed E-state index contributed by atoms with van der Waals surface area (Å²) in [6.45, 7) is 3.56. The van der Waals surface area contributed by atoms with Crippen LogP contribution in [0.1, 0.15) is 54.9 Å². The molecule has 2 bridgehead atoms. The lowest BCUT2D eigenvalue weighted by Crippen LogP contribution is -2.41. The molecule has 4 aliphatic carbocycles. The number of halogens is 3. The molecule has 0 aromatic heterocycles. The molecule has 6 heteroatoms. The lowest BCUT2D eigenvalue weighted by atomic mass is 9.59. The Balaban J connectivity index is 1.51. The number of Topliss-reactive ketones (excluding diaryl/α,β-unsaturated/α-hetero) is 1. The fourth-order valence-corrected chi connectivity index (χ4v) is 6.18. The smallest absolute Gasteiger partial charge is 0.416 e. The first kappa shape index (κ1) is 22.1. The van der Waals surface area contributed by atoms with E-state index in [1.165, 1.54) is 6.07 Å². The van der Waals surface area contributed by atoms with Gasteiger partial charge in [-0.05, 0) is 97.9 Å². The normalized spacial score (nSPS) is 26.6. The molecule has 2 aromatic carbocycles. The van der Waals surface area contributed by atoms with Crippen molar-refractivity contribution in [3.63, 3.8) is 0 Å². The molecular formula is C27H27F3O3. The Kier molecular flexibility index (Phi) is 5.30. The van der Waals surface area contributed by atoms with Gasteiger partial charge in [-0.3, -0.25) is 4.79 Å². The van der Waals surface area contributed by atoms with Gasteiger partial charge in [-0.1, -0.05) is 13.0 Å². The van der Waals surface area contributed by atoms with Gasteiger partial charge in [-0.25, -0.2) is 0 Å². The minimum absolute atomic E-state index is 0.0319. The third-order valence-corrected chi connectivity index (χ3v) is 7.80. The summed E-state index contributed by atoms with van der Waals surface area (Å²) in [5.41, 5.74) is 1.67. The Bertz CT molecular complexity index is 1140. The summed E-state index contributed by atoms with van der Waals surface area (Å²) in [7, 11) is 0. The van der Waals surface area contributed by atoms with Crippen LogP contribution in [0.3, 0.4) is 0 Å². The number of ketones is 1. The molecule has 2 atom stereocenters. The number of carbonyl (C=O) groups excluding carboxylic acids is 1. The van der Waals surface area contributed by atoms with Crippen LogP contribution in [0.4, 0.5) is 13.2 Å². The van der Waals surface area contributed by atoms with Crippen LogP contribution in [-0.4, -0.2) is 10.9 Å². The van der Waals surface area contributed by atoms with Crippen LogP contribution >= 0.6 is 0 Å². The predicted octanol–water partition coefficient (Wildman–Crippen LogP) is 7.27. The van der Waals surface area contributed by atoms with Crippen molar-refractivity contribution in [1.29, 1.82) is 0 Å². The Labute approximate surface area is 191 Å². The van der Waals surface area contributed by atoms with Crippen LogP contribution < -0.4 is 4.74 Å². The number of allylic oxidation sites excluding steroid dienone is 2. The molecule has 33 heavy (non-hydrogen) atoms. The van der Waals surface area contributed by atoms with Crippen LogP contribution in [0.25, 0.3) is 5.57 Å². The number of aliphatic hydroxyl groups is 1. The highest BCUT2D eigenvalue weighted by Crippen LogP contribution is 2.57. The molecule has 6 rings (SSSR count). The van der Waals surface area contributed by atoms with E-state index in [9.17, 15) is 23.1 Å². The second-order valence-electron chi connectivity index (χ2n) is 9.60. The van der Waals surface area contributed by atoms with Crippen LogP contribution in [0, 0.1) is 30.6 Å². The monoisotopic (exact) mass is 456 g/mol. The second-order valence-corrected chi connectivity index (χ2v) is 9.60. The standard InChI is InChI=1S/C27H27F3O3/c1-3-15-8-10-19(33-21-11-9-18(12-14(21)2)27(28,29)30)13-20(15)24-25(31)22-16-4-5-17(7-6-16)23(22)26(24)32/h8-13,16-17,22-23,31H,3-7H2,1-2H3. The largest absolute Gasteiger partial charge is 0.511 e. The molecule has 4 aliphatic rings. The minimum Gasteiger partial charge on any atom is -0.511 e. The van der Waals surface area contributed by atoms with Gasteiger partial charge in [0.1, 0.15) is 17.3 Å². The van der Waals surface area contributed by atoms with Crippen molar-refractivity contribution in [2.75, 3.05) is 0 Å². The second kappa shape index (κ2) is 7.93. The molecule has 0 spiro atoms. The number of hydrogen-bond acceptors (Lipinski definition) is 3. The van der Waals surface area contributed by atoms with Gasteiger partial charge < -0.3 is 9.84 Å². The molecule has 3 fully saturated rings. The van der Waals surface area contributed by atoms with E-state index in [1.54, 1.807) is 19.1 Å². The zero-order valence-corrected chi connectivity index (χ0v) is 18.7. The topological polar surface area (TPSA) is 46.5 Å². The maximum absolute atomic E-state index is 13.5. The van der Waals surface area contributed by atoms with Crippen molar-refractivity contribution in [3.8, 4) is 11.5 Å². The molecule has 0 radical (unpaired) electrons. The first-order valence-corrected chi connectivity index (χ1v) is 11.6. The molecule has 1 N–H and O–H groups in total. The van der Waals surface area contributed by atoms with Crippen molar-refractivity contribution >= 4 is 11.4 Å². The van der Waals surface area contributed by atoms with Crippen LogP contribution in [0.2, 0.25) is 0 Å². The third kappa shape index (κ3) is 3.64. The third-order valence-electron chi connectivity index (χ3n) is 7.80. The predicted molar refractivity (Wildman–Crippen MR) is 119 cm³/mol. The lowest BCUT2D eigenvalue weighted by molar-refractivity contribution is -0.137. The maximum Gasteiger partial charge on any atom is 0.416 e. The Morgan fingerprint density at radius 2 is 1.67 bits per heavy atom. The molecular weight excluding hydrogens is 429 g/mol. The Morgan fingerprint density at radius 1 is 1.00 bits per heavy atom. The van der Waals surface area contributed by atoms with E-state index in [0.29, 0.717) is 46.5 Å². The van der Waals surface area contributed by atoms with Crippen molar-refractivity contribution in [2.24, 2.45) is 23.7 Å². The van der Waals surface area contributed by atoms with Crippen molar-refractivity contribution in [1.82, 2.24) is 0 Å². The molecule has 0 aliphatic heterocycles. The molecule has 2 aromatic rings. The van der Waals surface area contributed by atoms with E-state index < -0.39 is 11.7 Å². The number of rotatable bonds is 4. The van der Waals surface area contributed by atoms with E-state index in [2.05, 4.69) is 0 Å². The maximum atomic E-state index is 13.5. The van der Waals surface area contributed by atoms with Crippen molar-refractivity contribution in [2.45, 2.75) is 52.1 Å². The number of fused-ring (bicyclic) bond motifs is 2. The zero-order valence-electron chi connectivity index (χ0n) is 18.7. The highest BCUT2D eigenvalue weighted by molar-refractivity contribution is 6.25. The fraction of sp³-hybridized carbons (Fsp3) is 0.444. The number of alkyl halides is 3. The van der Waals surface area contributed by atoms with E-state index in [0.717, 1.165) is 43.4 Å². The van der Waals surface area contributed by atoms with E-state index in [-0.39, 0.29) is 23.4 Å². The first-order chi connectivity index (χ1) is 15.7. The minimum atomic E-state index is -4.41. The summed E-state index contributed by atoms with van der Waals surface area (Å²) in [4.78, 5) is 13.5. The highest BCUT2D eigenvalue weighted by atomic mass is 19.4.